The standard InChI is InChI=1S/C10H17BrN2S/c1-13(6-4-2-3-5-11)7-10-8-14-9-12-10/h8-9H,2-7H2,1H3. The maximum atomic E-state index is 4.27. The highest BCUT2D eigenvalue weighted by atomic mass is 79.9. The number of unbranched alkanes of at least 4 members (excludes halogenated alkanes) is 2. The van der Waals surface area contributed by atoms with Crippen molar-refractivity contribution in [1.29, 1.82) is 0 Å². The molecular formula is C10H17BrN2S. The maximum absolute atomic E-state index is 4.27. The van der Waals surface area contributed by atoms with Crippen LogP contribution in [0.1, 0.15) is 25.0 Å². The van der Waals surface area contributed by atoms with Crippen LogP contribution in [0.2, 0.25) is 0 Å². The average molecular weight is 277 g/mol. The first kappa shape index (κ1) is 12.1. The number of rotatable bonds is 7. The van der Waals surface area contributed by atoms with Crippen molar-refractivity contribution in [2.45, 2.75) is 25.8 Å². The Balaban J connectivity index is 2.07. The van der Waals surface area contributed by atoms with Crippen LogP contribution in [0.4, 0.5) is 0 Å². The lowest BCUT2D eigenvalue weighted by molar-refractivity contribution is 0.315. The zero-order valence-electron chi connectivity index (χ0n) is 8.58. The van der Waals surface area contributed by atoms with E-state index < -0.39 is 0 Å². The molecule has 0 atom stereocenters. The molecule has 0 fully saturated rings. The van der Waals surface area contributed by atoms with Gasteiger partial charge in [0.25, 0.3) is 0 Å². The van der Waals surface area contributed by atoms with Crippen LogP contribution in [0.3, 0.4) is 0 Å². The number of thiazole rings is 1. The Labute approximate surface area is 98.5 Å². The zero-order valence-corrected chi connectivity index (χ0v) is 11.0. The summed E-state index contributed by atoms with van der Waals surface area (Å²) >= 11 is 5.11. The van der Waals surface area contributed by atoms with Gasteiger partial charge in [-0.15, -0.1) is 11.3 Å². The summed E-state index contributed by atoms with van der Waals surface area (Å²) in [6.07, 6.45) is 3.88. The van der Waals surface area contributed by atoms with Gasteiger partial charge >= 0.3 is 0 Å². The second kappa shape index (κ2) is 7.37. The summed E-state index contributed by atoms with van der Waals surface area (Å²) in [5.74, 6) is 0. The highest BCUT2D eigenvalue weighted by molar-refractivity contribution is 9.09. The summed E-state index contributed by atoms with van der Waals surface area (Å²) in [5, 5.41) is 3.25. The molecule has 1 aromatic rings. The lowest BCUT2D eigenvalue weighted by atomic mass is 10.2. The molecular weight excluding hydrogens is 260 g/mol. The maximum Gasteiger partial charge on any atom is 0.0795 e. The van der Waals surface area contributed by atoms with Gasteiger partial charge in [-0.25, -0.2) is 4.98 Å². The fraction of sp³-hybridized carbons (Fsp3) is 0.700. The Bertz CT molecular complexity index is 226. The molecule has 0 aliphatic rings. The molecule has 0 saturated carbocycles. The number of hydrogen-bond acceptors (Lipinski definition) is 3. The average Bonchev–Trinajstić information content (AvgIpc) is 2.65. The van der Waals surface area contributed by atoms with Gasteiger partial charge < -0.3 is 4.90 Å². The first-order chi connectivity index (χ1) is 6.83. The van der Waals surface area contributed by atoms with E-state index >= 15 is 0 Å². The Morgan fingerprint density at radius 2 is 2.29 bits per heavy atom. The lowest BCUT2D eigenvalue weighted by Gasteiger charge is -2.14. The molecule has 2 nitrogen and oxygen atoms in total. The molecule has 1 heterocycles. The number of hydrogen-bond donors (Lipinski definition) is 0. The van der Waals surface area contributed by atoms with Crippen molar-refractivity contribution in [3.05, 3.63) is 16.6 Å². The molecule has 0 bridgehead atoms. The molecule has 0 aliphatic carbocycles. The Kier molecular flexibility index (Phi) is 6.39. The van der Waals surface area contributed by atoms with Gasteiger partial charge in [-0.3, -0.25) is 0 Å². The van der Waals surface area contributed by atoms with Crippen LogP contribution >= 0.6 is 27.3 Å². The van der Waals surface area contributed by atoms with Crippen LogP contribution in [0.25, 0.3) is 0 Å². The molecule has 0 unspecified atom stereocenters. The van der Waals surface area contributed by atoms with Crippen LogP contribution in [-0.2, 0) is 6.54 Å². The molecule has 4 heteroatoms. The summed E-state index contributed by atoms with van der Waals surface area (Å²) < 4.78 is 0. The van der Waals surface area contributed by atoms with Crippen LogP contribution < -0.4 is 0 Å². The van der Waals surface area contributed by atoms with Crippen molar-refractivity contribution in [1.82, 2.24) is 9.88 Å². The van der Waals surface area contributed by atoms with Gasteiger partial charge in [0, 0.05) is 17.3 Å². The minimum absolute atomic E-state index is 0.984. The van der Waals surface area contributed by atoms with Gasteiger partial charge in [-0.1, -0.05) is 22.4 Å². The van der Waals surface area contributed by atoms with Crippen LogP contribution in [0.15, 0.2) is 10.9 Å². The van der Waals surface area contributed by atoms with E-state index in [1.165, 1.54) is 31.5 Å². The minimum Gasteiger partial charge on any atom is -0.301 e. The van der Waals surface area contributed by atoms with E-state index in [9.17, 15) is 0 Å². The highest BCUT2D eigenvalue weighted by Crippen LogP contribution is 2.05. The molecule has 1 rings (SSSR count). The number of aromatic nitrogens is 1. The first-order valence-corrected chi connectivity index (χ1v) is 7.01. The Morgan fingerprint density at radius 1 is 1.43 bits per heavy atom. The quantitative estimate of drug-likeness (QED) is 0.562. The smallest absolute Gasteiger partial charge is 0.0795 e. The number of halogens is 1. The third-order valence-corrected chi connectivity index (χ3v) is 3.28. The van der Waals surface area contributed by atoms with Crippen molar-refractivity contribution in [3.8, 4) is 0 Å². The fourth-order valence-electron chi connectivity index (χ4n) is 1.32. The molecule has 14 heavy (non-hydrogen) atoms. The molecule has 0 radical (unpaired) electrons. The topological polar surface area (TPSA) is 16.1 Å². The fourth-order valence-corrected chi connectivity index (χ4v) is 2.27. The van der Waals surface area contributed by atoms with Crippen molar-refractivity contribution >= 4 is 27.3 Å². The number of nitrogens with zero attached hydrogens (tertiary/aromatic N) is 2. The van der Waals surface area contributed by atoms with Gasteiger partial charge in [-0.05, 0) is 26.4 Å². The van der Waals surface area contributed by atoms with Gasteiger partial charge in [0.05, 0.1) is 11.2 Å². The molecule has 1 aromatic heterocycles. The van der Waals surface area contributed by atoms with Gasteiger partial charge in [0.15, 0.2) is 0 Å². The molecule has 0 aliphatic heterocycles. The van der Waals surface area contributed by atoms with Gasteiger partial charge in [-0.2, -0.15) is 0 Å². The van der Waals surface area contributed by atoms with E-state index in [2.05, 4.69) is 38.2 Å². The summed E-state index contributed by atoms with van der Waals surface area (Å²) in [6.45, 7) is 2.16. The van der Waals surface area contributed by atoms with Gasteiger partial charge in [0.1, 0.15) is 0 Å². The van der Waals surface area contributed by atoms with E-state index in [0.717, 1.165) is 11.9 Å². The Hall–Kier alpha value is 0.0700. The second-order valence-electron chi connectivity index (χ2n) is 3.47. The van der Waals surface area contributed by atoms with Crippen molar-refractivity contribution < 1.29 is 0 Å². The second-order valence-corrected chi connectivity index (χ2v) is 4.98. The monoisotopic (exact) mass is 276 g/mol. The lowest BCUT2D eigenvalue weighted by Crippen LogP contribution is -2.19. The SMILES string of the molecule is CN(CCCCCBr)Cc1cscn1. The summed E-state index contributed by atoms with van der Waals surface area (Å²) in [6, 6.07) is 0. The third-order valence-electron chi connectivity index (χ3n) is 2.09. The van der Waals surface area contributed by atoms with Crippen molar-refractivity contribution in [2.24, 2.45) is 0 Å². The molecule has 0 saturated heterocycles. The van der Waals surface area contributed by atoms with E-state index in [1.54, 1.807) is 11.3 Å². The summed E-state index contributed by atoms with van der Waals surface area (Å²) in [7, 11) is 2.16. The van der Waals surface area contributed by atoms with Crippen LogP contribution in [0, 0.1) is 0 Å². The molecule has 0 N–H and O–H groups in total. The first-order valence-electron chi connectivity index (χ1n) is 4.94. The van der Waals surface area contributed by atoms with E-state index in [-0.39, 0.29) is 0 Å². The zero-order chi connectivity index (χ0) is 10.2. The predicted molar refractivity (Wildman–Crippen MR) is 66.1 cm³/mol. The van der Waals surface area contributed by atoms with E-state index in [4.69, 9.17) is 0 Å². The van der Waals surface area contributed by atoms with Crippen molar-refractivity contribution in [3.63, 3.8) is 0 Å². The molecule has 0 amide bonds. The van der Waals surface area contributed by atoms with E-state index in [1.807, 2.05) is 5.51 Å². The molecule has 0 spiro atoms. The molecule has 0 aromatic carbocycles. The Morgan fingerprint density at radius 3 is 2.93 bits per heavy atom. The minimum atomic E-state index is 0.984. The van der Waals surface area contributed by atoms with Crippen molar-refractivity contribution in [2.75, 3.05) is 18.9 Å². The summed E-state index contributed by atoms with van der Waals surface area (Å²) in [4.78, 5) is 6.61. The predicted octanol–water partition coefficient (Wildman–Crippen LogP) is 3.14. The third kappa shape index (κ3) is 5.08. The van der Waals surface area contributed by atoms with Crippen LogP contribution in [0.5, 0.6) is 0 Å². The van der Waals surface area contributed by atoms with E-state index in [0.29, 0.717) is 0 Å². The highest BCUT2D eigenvalue weighted by Gasteiger charge is 2.00. The summed E-state index contributed by atoms with van der Waals surface area (Å²) in [5.41, 5.74) is 3.09. The molecule has 80 valence electrons. The normalized spacial score (nSPS) is 11.1. The van der Waals surface area contributed by atoms with Crippen LogP contribution in [-0.4, -0.2) is 28.8 Å². The van der Waals surface area contributed by atoms with Gasteiger partial charge in [0.2, 0.25) is 0 Å². The number of alkyl halides is 1. The largest absolute Gasteiger partial charge is 0.301 e.